The molecule has 1 atom stereocenters. The van der Waals surface area contributed by atoms with Crippen molar-refractivity contribution in [1.29, 1.82) is 0 Å². The summed E-state index contributed by atoms with van der Waals surface area (Å²) < 4.78 is 6.60. The predicted octanol–water partition coefficient (Wildman–Crippen LogP) is 3.19. The first-order valence-electron chi connectivity index (χ1n) is 10.4. The average Bonchev–Trinajstić information content (AvgIpc) is 3.15. The van der Waals surface area contributed by atoms with E-state index in [2.05, 4.69) is 10.3 Å². The van der Waals surface area contributed by atoms with Gasteiger partial charge in [0.2, 0.25) is 5.91 Å². The van der Waals surface area contributed by atoms with Crippen LogP contribution in [-0.4, -0.2) is 40.0 Å². The summed E-state index contributed by atoms with van der Waals surface area (Å²) in [6.07, 6.45) is 0.0898. The van der Waals surface area contributed by atoms with E-state index >= 15 is 0 Å². The number of cyclic esters (lactones) is 1. The Kier molecular flexibility index (Phi) is 5.63. The Balaban J connectivity index is 1.26. The quantitative estimate of drug-likeness (QED) is 0.572. The minimum absolute atomic E-state index is 0.0771. The number of H-pyrrole nitrogens is 1. The van der Waals surface area contributed by atoms with Crippen molar-refractivity contribution < 1.29 is 14.3 Å². The molecule has 2 N–H and O–H groups in total. The van der Waals surface area contributed by atoms with Crippen LogP contribution in [-0.2, 0) is 16.1 Å². The molecule has 2 aromatic carbocycles. The summed E-state index contributed by atoms with van der Waals surface area (Å²) in [5.41, 5.74) is 0.764. The first-order valence-corrected chi connectivity index (χ1v) is 11.7. The van der Waals surface area contributed by atoms with E-state index in [0.717, 1.165) is 9.46 Å². The summed E-state index contributed by atoms with van der Waals surface area (Å²) >= 11 is 7.60. The van der Waals surface area contributed by atoms with Crippen LogP contribution < -0.4 is 21.5 Å². The smallest absolute Gasteiger partial charge is 0.414 e. The van der Waals surface area contributed by atoms with E-state index in [0.29, 0.717) is 42.0 Å². The lowest BCUT2D eigenvalue weighted by Gasteiger charge is -2.20. The number of benzene rings is 2. The predicted molar refractivity (Wildman–Crippen MR) is 126 cm³/mol. The summed E-state index contributed by atoms with van der Waals surface area (Å²) in [4.78, 5) is 54.4. The minimum atomic E-state index is -0.506. The lowest BCUT2D eigenvalue weighted by molar-refractivity contribution is -0.113. The molecule has 0 spiro atoms. The van der Waals surface area contributed by atoms with Crippen LogP contribution in [0.3, 0.4) is 0 Å². The Morgan fingerprint density at radius 2 is 2.00 bits per heavy atom. The molecule has 0 saturated carbocycles. The summed E-state index contributed by atoms with van der Waals surface area (Å²) in [5, 5.41) is 3.37. The first kappa shape index (κ1) is 21.6. The van der Waals surface area contributed by atoms with Gasteiger partial charge in [-0.2, -0.15) is 0 Å². The van der Waals surface area contributed by atoms with Crippen molar-refractivity contribution in [2.24, 2.45) is 0 Å². The van der Waals surface area contributed by atoms with Crippen LogP contribution in [0, 0.1) is 0 Å². The number of fused-ring (bicyclic) bond motifs is 2. The molecule has 11 heteroatoms. The molecule has 1 aromatic heterocycles. The van der Waals surface area contributed by atoms with Crippen molar-refractivity contribution in [2.45, 2.75) is 30.4 Å². The fourth-order valence-electron chi connectivity index (χ4n) is 4.06. The van der Waals surface area contributed by atoms with Crippen LogP contribution in [0.1, 0.15) is 12.8 Å². The maximum absolute atomic E-state index is 12.8. The molecule has 3 heterocycles. The molecule has 0 bridgehead atoms. The third-order valence-electron chi connectivity index (χ3n) is 5.65. The third kappa shape index (κ3) is 4.11. The number of ether oxygens (including phenoxy) is 1. The fourth-order valence-corrected chi connectivity index (χ4v) is 5.10. The van der Waals surface area contributed by atoms with E-state index in [1.807, 2.05) is 12.1 Å². The molecule has 1 saturated heterocycles. The molecular formula is C22H19ClN4O5S. The van der Waals surface area contributed by atoms with E-state index in [9.17, 15) is 19.2 Å². The van der Waals surface area contributed by atoms with Crippen LogP contribution in [0.2, 0.25) is 5.02 Å². The largest absolute Gasteiger partial charge is 0.444 e. The number of nitrogens with one attached hydrogen (secondary N) is 2. The van der Waals surface area contributed by atoms with Crippen LogP contribution >= 0.6 is 23.4 Å². The molecule has 0 aliphatic carbocycles. The summed E-state index contributed by atoms with van der Waals surface area (Å²) in [6.45, 7) is 0.513. The number of aromatic amines is 1. The Labute approximate surface area is 196 Å². The lowest BCUT2D eigenvalue weighted by Crippen LogP contribution is -2.35. The molecular weight excluding hydrogens is 468 g/mol. The molecule has 1 fully saturated rings. The van der Waals surface area contributed by atoms with E-state index in [4.69, 9.17) is 16.3 Å². The molecule has 3 aromatic rings. The zero-order valence-electron chi connectivity index (χ0n) is 17.3. The van der Waals surface area contributed by atoms with Crippen LogP contribution in [0.5, 0.6) is 0 Å². The lowest BCUT2D eigenvalue weighted by atomic mass is 10.2. The van der Waals surface area contributed by atoms with Crippen molar-refractivity contribution in [1.82, 2.24) is 9.55 Å². The van der Waals surface area contributed by atoms with Gasteiger partial charge < -0.3 is 15.0 Å². The Morgan fingerprint density at radius 3 is 2.85 bits per heavy atom. The van der Waals surface area contributed by atoms with Crippen LogP contribution in [0.15, 0.2) is 50.9 Å². The number of hydrogen-bond donors (Lipinski definition) is 2. The molecule has 2 amide bonds. The monoisotopic (exact) mass is 486 g/mol. The SMILES string of the molecule is O=C1CSc2ccc(N3C[C@H](CCCn4c(=O)[nH]c5cccc(Cl)c5c4=O)OC3=O)cc2N1. The standard InChI is InChI=1S/C22H19ClN4O5S/c23-14-4-1-5-15-19(14)20(29)26(21(30)25-15)8-2-3-13-10-27(22(31)32-13)12-6-7-17-16(9-12)24-18(28)11-33-17/h1,4-7,9,13H,2-3,8,10-11H2,(H,24,28)(H,25,30)/t13-/m0/s1. The summed E-state index contributed by atoms with van der Waals surface area (Å²) in [6, 6.07) is 10.4. The van der Waals surface area contributed by atoms with Crippen LogP contribution in [0.4, 0.5) is 16.2 Å². The first-order chi connectivity index (χ1) is 15.9. The molecule has 170 valence electrons. The van der Waals surface area contributed by atoms with Crippen molar-refractivity contribution in [3.8, 4) is 0 Å². The number of halogens is 1. The van der Waals surface area contributed by atoms with E-state index in [1.165, 1.54) is 16.7 Å². The number of aromatic nitrogens is 2. The molecule has 2 aliphatic heterocycles. The Morgan fingerprint density at radius 1 is 1.15 bits per heavy atom. The van der Waals surface area contributed by atoms with Gasteiger partial charge in [0.05, 0.1) is 33.9 Å². The second-order valence-electron chi connectivity index (χ2n) is 7.83. The van der Waals surface area contributed by atoms with Gasteiger partial charge in [0, 0.05) is 17.1 Å². The molecule has 5 rings (SSSR count). The van der Waals surface area contributed by atoms with Gasteiger partial charge in [-0.25, -0.2) is 9.59 Å². The molecule has 33 heavy (non-hydrogen) atoms. The van der Waals surface area contributed by atoms with Crippen LogP contribution in [0.25, 0.3) is 10.9 Å². The minimum Gasteiger partial charge on any atom is -0.444 e. The molecule has 9 nitrogen and oxygen atoms in total. The zero-order valence-corrected chi connectivity index (χ0v) is 18.9. The number of carbonyl (C=O) groups excluding carboxylic acids is 2. The van der Waals surface area contributed by atoms with Gasteiger partial charge >= 0.3 is 11.8 Å². The highest BCUT2D eigenvalue weighted by Gasteiger charge is 2.32. The normalized spacial score (nSPS) is 17.7. The fraction of sp³-hybridized carbons (Fsp3) is 0.273. The maximum atomic E-state index is 12.8. The van der Waals surface area contributed by atoms with Gasteiger partial charge in [0.15, 0.2) is 0 Å². The molecule has 0 unspecified atom stereocenters. The van der Waals surface area contributed by atoms with Gasteiger partial charge in [0.1, 0.15) is 6.10 Å². The molecule has 2 aliphatic rings. The second-order valence-corrected chi connectivity index (χ2v) is 9.25. The Hall–Kier alpha value is -3.24. The number of thioether (sulfide) groups is 1. The highest BCUT2D eigenvalue weighted by atomic mass is 35.5. The van der Waals surface area contributed by atoms with Gasteiger partial charge in [-0.3, -0.25) is 19.1 Å². The highest BCUT2D eigenvalue weighted by molar-refractivity contribution is 8.00. The maximum Gasteiger partial charge on any atom is 0.414 e. The number of anilines is 2. The second kappa shape index (κ2) is 8.60. The number of amides is 2. The van der Waals surface area contributed by atoms with Crippen molar-refractivity contribution in [3.05, 3.63) is 62.3 Å². The van der Waals surface area contributed by atoms with Gasteiger partial charge in [0.25, 0.3) is 5.56 Å². The van der Waals surface area contributed by atoms with Gasteiger partial charge in [-0.1, -0.05) is 17.7 Å². The van der Waals surface area contributed by atoms with Crippen molar-refractivity contribution in [2.75, 3.05) is 22.5 Å². The van der Waals surface area contributed by atoms with Gasteiger partial charge in [-0.15, -0.1) is 11.8 Å². The zero-order chi connectivity index (χ0) is 23.1. The number of rotatable bonds is 5. The van der Waals surface area contributed by atoms with Crippen molar-refractivity contribution in [3.63, 3.8) is 0 Å². The topological polar surface area (TPSA) is 114 Å². The number of hydrogen-bond acceptors (Lipinski definition) is 6. The third-order valence-corrected chi connectivity index (χ3v) is 7.04. The van der Waals surface area contributed by atoms with E-state index in [1.54, 1.807) is 24.3 Å². The highest BCUT2D eigenvalue weighted by Crippen LogP contribution is 2.35. The van der Waals surface area contributed by atoms with Crippen molar-refractivity contribution >= 4 is 57.6 Å². The Bertz CT molecular complexity index is 1400. The summed E-state index contributed by atoms with van der Waals surface area (Å²) in [5.74, 6) is 0.293. The number of nitrogens with zero attached hydrogens (tertiary/aromatic N) is 2. The van der Waals surface area contributed by atoms with Gasteiger partial charge in [-0.05, 0) is 43.2 Å². The van der Waals surface area contributed by atoms with E-state index in [-0.39, 0.29) is 29.0 Å². The summed E-state index contributed by atoms with van der Waals surface area (Å²) in [7, 11) is 0. The number of carbonyl (C=O) groups is 2. The molecule has 0 radical (unpaired) electrons. The van der Waals surface area contributed by atoms with E-state index < -0.39 is 17.3 Å². The average molecular weight is 487 g/mol.